The average molecular weight is 516 g/mol. The summed E-state index contributed by atoms with van der Waals surface area (Å²) in [4.78, 5) is 27.2. The largest absolute Gasteiger partial charge is 0.467 e. The van der Waals surface area contributed by atoms with Gasteiger partial charge in [-0.15, -0.1) is 0 Å². The zero-order valence-electron chi connectivity index (χ0n) is 20.5. The number of rotatable bonds is 11. The number of hydrogen-bond donors (Lipinski definition) is 2. The molecule has 1 aromatic heterocycles. The zero-order valence-corrected chi connectivity index (χ0v) is 21.2. The lowest BCUT2D eigenvalue weighted by molar-refractivity contribution is -0.121. The van der Waals surface area contributed by atoms with E-state index in [-0.39, 0.29) is 37.4 Å². The van der Waals surface area contributed by atoms with Gasteiger partial charge in [-0.3, -0.25) is 4.79 Å². The van der Waals surface area contributed by atoms with Gasteiger partial charge in [-0.2, -0.15) is 0 Å². The Morgan fingerprint density at radius 1 is 0.865 bits per heavy atom. The summed E-state index contributed by atoms with van der Waals surface area (Å²) in [7, 11) is 0. The van der Waals surface area contributed by atoms with Crippen LogP contribution in [0.15, 0.2) is 108 Å². The highest BCUT2D eigenvalue weighted by molar-refractivity contribution is 6.30. The standard InChI is InChI=1S/C30H30ClN3O3/c31-25-13-7-14-26(21-25)33-30(36)34(22-27-15-8-20-37-27)19-17-29(35)32-18-16-28(23-9-3-1-4-10-23)24-11-5-2-6-12-24/h1-15,20-21,28H,16-19,22H2,(H,32,35)(H,33,36). The highest BCUT2D eigenvalue weighted by Gasteiger charge is 2.18. The molecule has 0 fully saturated rings. The molecule has 0 aliphatic carbocycles. The number of carbonyl (C=O) groups excluding carboxylic acids is 2. The monoisotopic (exact) mass is 515 g/mol. The summed E-state index contributed by atoms with van der Waals surface area (Å²) >= 11 is 6.04. The number of anilines is 1. The first-order valence-corrected chi connectivity index (χ1v) is 12.7. The normalized spacial score (nSPS) is 10.8. The molecule has 0 spiro atoms. The van der Waals surface area contributed by atoms with Crippen LogP contribution in [-0.4, -0.2) is 29.9 Å². The molecular formula is C30H30ClN3O3. The fraction of sp³-hybridized carbons (Fsp3) is 0.200. The molecule has 2 N–H and O–H groups in total. The van der Waals surface area contributed by atoms with E-state index >= 15 is 0 Å². The summed E-state index contributed by atoms with van der Waals surface area (Å²) in [6.07, 6.45) is 2.50. The van der Waals surface area contributed by atoms with Crippen LogP contribution in [0.3, 0.4) is 0 Å². The van der Waals surface area contributed by atoms with Crippen molar-refractivity contribution in [3.63, 3.8) is 0 Å². The molecule has 1 heterocycles. The van der Waals surface area contributed by atoms with Crippen LogP contribution in [-0.2, 0) is 11.3 Å². The van der Waals surface area contributed by atoms with Gasteiger partial charge in [0.05, 0.1) is 12.8 Å². The Balaban J connectivity index is 1.33. The summed E-state index contributed by atoms with van der Waals surface area (Å²) < 4.78 is 5.42. The van der Waals surface area contributed by atoms with E-state index in [9.17, 15) is 9.59 Å². The number of furan rings is 1. The molecule has 3 amide bonds. The Hall–Kier alpha value is -4.03. The van der Waals surface area contributed by atoms with Crippen molar-refractivity contribution >= 4 is 29.2 Å². The zero-order chi connectivity index (χ0) is 25.9. The molecular weight excluding hydrogens is 486 g/mol. The minimum atomic E-state index is -0.334. The van der Waals surface area contributed by atoms with E-state index in [0.717, 1.165) is 6.42 Å². The first kappa shape index (κ1) is 26.0. The number of nitrogens with one attached hydrogen (secondary N) is 2. The van der Waals surface area contributed by atoms with Crippen molar-refractivity contribution < 1.29 is 14.0 Å². The molecule has 37 heavy (non-hydrogen) atoms. The lowest BCUT2D eigenvalue weighted by atomic mass is 9.88. The van der Waals surface area contributed by atoms with Crippen LogP contribution in [0.25, 0.3) is 0 Å². The number of halogens is 1. The van der Waals surface area contributed by atoms with Crippen LogP contribution in [0.2, 0.25) is 5.02 Å². The molecule has 0 bridgehead atoms. The number of carbonyl (C=O) groups is 2. The Bertz CT molecular complexity index is 1220. The maximum atomic E-state index is 13.0. The van der Waals surface area contributed by atoms with E-state index in [0.29, 0.717) is 23.0 Å². The maximum Gasteiger partial charge on any atom is 0.322 e. The van der Waals surface area contributed by atoms with Crippen molar-refractivity contribution in [1.82, 2.24) is 10.2 Å². The maximum absolute atomic E-state index is 13.0. The van der Waals surface area contributed by atoms with Gasteiger partial charge in [0.25, 0.3) is 0 Å². The van der Waals surface area contributed by atoms with Gasteiger partial charge >= 0.3 is 6.03 Å². The predicted octanol–water partition coefficient (Wildman–Crippen LogP) is 6.70. The molecule has 0 aliphatic heterocycles. The van der Waals surface area contributed by atoms with E-state index in [4.69, 9.17) is 16.0 Å². The number of urea groups is 1. The molecule has 3 aromatic carbocycles. The summed E-state index contributed by atoms with van der Waals surface area (Å²) in [6.45, 7) is 1.01. The quantitative estimate of drug-likeness (QED) is 0.233. The van der Waals surface area contributed by atoms with Crippen molar-refractivity contribution in [1.29, 1.82) is 0 Å². The fourth-order valence-corrected chi connectivity index (χ4v) is 4.38. The second kappa shape index (κ2) is 13.3. The summed E-state index contributed by atoms with van der Waals surface area (Å²) in [5, 5.41) is 6.39. The van der Waals surface area contributed by atoms with Gasteiger partial charge in [-0.25, -0.2) is 4.79 Å². The molecule has 7 heteroatoms. The van der Waals surface area contributed by atoms with E-state index in [2.05, 4.69) is 34.9 Å². The van der Waals surface area contributed by atoms with E-state index in [1.165, 1.54) is 11.1 Å². The van der Waals surface area contributed by atoms with Gasteiger partial charge in [-0.1, -0.05) is 78.3 Å². The van der Waals surface area contributed by atoms with Gasteiger partial charge in [0.15, 0.2) is 0 Å². The van der Waals surface area contributed by atoms with Gasteiger partial charge in [0, 0.05) is 36.1 Å². The van der Waals surface area contributed by atoms with Crippen molar-refractivity contribution in [2.24, 2.45) is 0 Å². The summed E-state index contributed by atoms with van der Waals surface area (Å²) in [5.41, 5.74) is 3.01. The van der Waals surface area contributed by atoms with Crippen molar-refractivity contribution in [3.05, 3.63) is 125 Å². The van der Waals surface area contributed by atoms with Crippen LogP contribution in [0, 0.1) is 0 Å². The van der Waals surface area contributed by atoms with Crippen LogP contribution < -0.4 is 10.6 Å². The molecule has 4 rings (SSSR count). The van der Waals surface area contributed by atoms with Crippen LogP contribution >= 0.6 is 11.6 Å². The SMILES string of the molecule is O=C(CCN(Cc1ccco1)C(=O)Nc1cccc(Cl)c1)NCCC(c1ccccc1)c1ccccc1. The second-order valence-corrected chi connectivity index (χ2v) is 9.14. The molecule has 0 unspecified atom stereocenters. The van der Waals surface area contributed by atoms with Crippen LogP contribution in [0.4, 0.5) is 10.5 Å². The Morgan fingerprint density at radius 3 is 2.19 bits per heavy atom. The van der Waals surface area contributed by atoms with Crippen molar-refractivity contribution in [3.8, 4) is 0 Å². The van der Waals surface area contributed by atoms with Gasteiger partial charge in [0.2, 0.25) is 5.91 Å². The first-order chi connectivity index (χ1) is 18.1. The van der Waals surface area contributed by atoms with E-state index in [1.807, 2.05) is 36.4 Å². The molecule has 0 saturated heterocycles. The topological polar surface area (TPSA) is 74.6 Å². The summed E-state index contributed by atoms with van der Waals surface area (Å²) in [5.74, 6) is 0.705. The first-order valence-electron chi connectivity index (χ1n) is 12.3. The number of amides is 3. The third kappa shape index (κ3) is 7.98. The minimum absolute atomic E-state index is 0.111. The van der Waals surface area contributed by atoms with Crippen LogP contribution in [0.5, 0.6) is 0 Å². The minimum Gasteiger partial charge on any atom is -0.467 e. The lowest BCUT2D eigenvalue weighted by Crippen LogP contribution is -2.37. The molecule has 190 valence electrons. The molecule has 4 aromatic rings. The highest BCUT2D eigenvalue weighted by atomic mass is 35.5. The predicted molar refractivity (Wildman–Crippen MR) is 147 cm³/mol. The highest BCUT2D eigenvalue weighted by Crippen LogP contribution is 2.27. The second-order valence-electron chi connectivity index (χ2n) is 8.70. The van der Waals surface area contributed by atoms with Crippen molar-refractivity contribution in [2.75, 3.05) is 18.4 Å². The average Bonchev–Trinajstić information content (AvgIpc) is 3.43. The van der Waals surface area contributed by atoms with Crippen LogP contribution in [0.1, 0.15) is 35.6 Å². The van der Waals surface area contributed by atoms with Crippen molar-refractivity contribution in [2.45, 2.75) is 25.3 Å². The molecule has 6 nitrogen and oxygen atoms in total. The molecule has 0 aliphatic rings. The van der Waals surface area contributed by atoms with Gasteiger partial charge in [0.1, 0.15) is 5.76 Å². The molecule has 0 saturated carbocycles. The third-order valence-corrected chi connectivity index (χ3v) is 6.29. The summed E-state index contributed by atoms with van der Waals surface area (Å²) in [6, 6.07) is 30.8. The number of benzene rings is 3. The molecule has 0 radical (unpaired) electrons. The van der Waals surface area contributed by atoms with E-state index < -0.39 is 0 Å². The Morgan fingerprint density at radius 2 is 1.57 bits per heavy atom. The third-order valence-electron chi connectivity index (χ3n) is 6.06. The van der Waals surface area contributed by atoms with E-state index in [1.54, 1.807) is 47.6 Å². The fourth-order valence-electron chi connectivity index (χ4n) is 4.19. The molecule has 0 atom stereocenters. The lowest BCUT2D eigenvalue weighted by Gasteiger charge is -2.22. The van der Waals surface area contributed by atoms with Gasteiger partial charge < -0.3 is 20.0 Å². The van der Waals surface area contributed by atoms with Gasteiger partial charge in [-0.05, 0) is 47.9 Å². The number of hydrogen-bond acceptors (Lipinski definition) is 3. The smallest absolute Gasteiger partial charge is 0.322 e. The Labute approximate surface area is 222 Å². The Kier molecular flexibility index (Phi) is 9.38. The number of nitrogens with zero attached hydrogens (tertiary/aromatic N) is 1.